The first-order valence-electron chi connectivity index (χ1n) is 6.76. The van der Waals surface area contributed by atoms with Crippen molar-refractivity contribution in [3.05, 3.63) is 29.8 Å². The van der Waals surface area contributed by atoms with Gasteiger partial charge in [0, 0.05) is 30.8 Å². The lowest BCUT2D eigenvalue weighted by Crippen LogP contribution is -2.35. The summed E-state index contributed by atoms with van der Waals surface area (Å²) >= 11 is 0. The molecular weight excluding hydrogens is 224 g/mol. The Morgan fingerprint density at radius 2 is 2.33 bits per heavy atom. The van der Waals surface area contributed by atoms with Gasteiger partial charge in [-0.3, -0.25) is 4.79 Å². The van der Waals surface area contributed by atoms with Crippen molar-refractivity contribution >= 4 is 11.5 Å². The minimum atomic E-state index is 0.195. The van der Waals surface area contributed by atoms with Gasteiger partial charge < -0.3 is 10.6 Å². The van der Waals surface area contributed by atoms with Crippen LogP contribution >= 0.6 is 0 Å². The number of hydrogen-bond donors (Lipinski definition) is 1. The van der Waals surface area contributed by atoms with Crippen LogP contribution in [0.5, 0.6) is 0 Å². The highest BCUT2D eigenvalue weighted by Gasteiger charge is 2.17. The molecule has 1 atom stereocenters. The molecule has 1 saturated heterocycles. The molecule has 3 nitrogen and oxygen atoms in total. The Bertz CT molecular complexity index is 417. The molecule has 1 unspecified atom stereocenters. The van der Waals surface area contributed by atoms with Crippen molar-refractivity contribution in [3.63, 3.8) is 0 Å². The quantitative estimate of drug-likeness (QED) is 0.656. The number of nitrogen functional groups attached to an aromatic ring is 1. The van der Waals surface area contributed by atoms with E-state index in [4.69, 9.17) is 5.73 Å². The highest BCUT2D eigenvalue weighted by molar-refractivity contribution is 5.96. The minimum absolute atomic E-state index is 0.195. The summed E-state index contributed by atoms with van der Waals surface area (Å²) in [7, 11) is 0. The molecule has 98 valence electrons. The summed E-state index contributed by atoms with van der Waals surface area (Å²) in [5, 5.41) is 0. The Kier molecular flexibility index (Phi) is 4.37. The molecule has 3 heteroatoms. The highest BCUT2D eigenvalue weighted by atomic mass is 16.1. The van der Waals surface area contributed by atoms with Crippen LogP contribution in [-0.2, 0) is 0 Å². The summed E-state index contributed by atoms with van der Waals surface area (Å²) in [5.41, 5.74) is 7.09. The summed E-state index contributed by atoms with van der Waals surface area (Å²) in [6.45, 7) is 5.42. The lowest BCUT2D eigenvalue weighted by atomic mass is 9.99. The molecule has 0 radical (unpaired) electrons. The van der Waals surface area contributed by atoms with E-state index in [9.17, 15) is 4.79 Å². The zero-order chi connectivity index (χ0) is 13.0. The third kappa shape index (κ3) is 3.57. The topological polar surface area (TPSA) is 46.3 Å². The Labute approximate surface area is 109 Å². The van der Waals surface area contributed by atoms with Crippen LogP contribution in [0.1, 0.15) is 36.5 Å². The van der Waals surface area contributed by atoms with Crippen LogP contribution in [-0.4, -0.2) is 30.3 Å². The van der Waals surface area contributed by atoms with Crippen LogP contribution < -0.4 is 5.73 Å². The zero-order valence-electron chi connectivity index (χ0n) is 11.1. The number of nitrogens with zero attached hydrogens (tertiary/aromatic N) is 1. The summed E-state index contributed by atoms with van der Waals surface area (Å²) < 4.78 is 0. The van der Waals surface area contributed by atoms with Crippen molar-refractivity contribution in [2.45, 2.75) is 26.2 Å². The van der Waals surface area contributed by atoms with Crippen LogP contribution in [0.15, 0.2) is 24.3 Å². The molecule has 2 N–H and O–H groups in total. The predicted molar refractivity (Wildman–Crippen MR) is 74.6 cm³/mol. The second-order valence-electron chi connectivity index (χ2n) is 5.35. The molecule has 1 aromatic rings. The number of carbonyl (C=O) groups is 1. The molecule has 18 heavy (non-hydrogen) atoms. The third-order valence-corrected chi connectivity index (χ3v) is 3.60. The number of rotatable bonds is 4. The average molecular weight is 246 g/mol. The Hall–Kier alpha value is -1.35. The molecular formula is C15H22N2O. The van der Waals surface area contributed by atoms with Gasteiger partial charge in [-0.1, -0.05) is 19.1 Å². The maximum atomic E-state index is 12.0. The van der Waals surface area contributed by atoms with E-state index in [-0.39, 0.29) is 5.78 Å². The first kappa shape index (κ1) is 13.1. The fourth-order valence-electron chi connectivity index (χ4n) is 2.61. The summed E-state index contributed by atoms with van der Waals surface area (Å²) in [4.78, 5) is 14.4. The van der Waals surface area contributed by atoms with Crippen molar-refractivity contribution < 1.29 is 4.79 Å². The van der Waals surface area contributed by atoms with Crippen molar-refractivity contribution in [2.75, 3.05) is 25.4 Å². The Balaban J connectivity index is 1.84. The van der Waals surface area contributed by atoms with E-state index in [0.29, 0.717) is 12.1 Å². The summed E-state index contributed by atoms with van der Waals surface area (Å²) in [6, 6.07) is 7.26. The average Bonchev–Trinajstić information content (AvgIpc) is 2.36. The van der Waals surface area contributed by atoms with E-state index in [1.165, 1.54) is 12.8 Å². The maximum Gasteiger partial charge on any atom is 0.164 e. The smallest absolute Gasteiger partial charge is 0.164 e. The van der Waals surface area contributed by atoms with Crippen molar-refractivity contribution in [1.29, 1.82) is 0 Å². The normalized spacial score (nSPS) is 20.8. The molecule has 1 aliphatic rings. The van der Waals surface area contributed by atoms with Crippen molar-refractivity contribution in [2.24, 2.45) is 5.92 Å². The molecule has 1 aliphatic heterocycles. The molecule has 1 heterocycles. The summed E-state index contributed by atoms with van der Waals surface area (Å²) in [6.07, 6.45) is 3.17. The highest BCUT2D eigenvalue weighted by Crippen LogP contribution is 2.16. The number of likely N-dealkylation sites (tertiary alicyclic amines) is 1. The van der Waals surface area contributed by atoms with Crippen LogP contribution in [0.3, 0.4) is 0 Å². The second-order valence-corrected chi connectivity index (χ2v) is 5.35. The molecule has 0 amide bonds. The van der Waals surface area contributed by atoms with E-state index >= 15 is 0 Å². The molecule has 0 bridgehead atoms. The van der Waals surface area contributed by atoms with E-state index in [1.807, 2.05) is 18.2 Å². The molecule has 0 spiro atoms. The number of carbonyl (C=O) groups excluding carboxylic acids is 1. The minimum Gasteiger partial charge on any atom is -0.399 e. The van der Waals surface area contributed by atoms with Gasteiger partial charge in [-0.25, -0.2) is 0 Å². The van der Waals surface area contributed by atoms with Gasteiger partial charge in [0.25, 0.3) is 0 Å². The zero-order valence-corrected chi connectivity index (χ0v) is 11.1. The van der Waals surface area contributed by atoms with Crippen molar-refractivity contribution in [3.8, 4) is 0 Å². The van der Waals surface area contributed by atoms with Crippen LogP contribution in [0.25, 0.3) is 0 Å². The molecule has 1 aromatic carbocycles. The van der Waals surface area contributed by atoms with Gasteiger partial charge in [-0.05, 0) is 37.4 Å². The number of Topliss-reactive ketones (excluding diaryl/α,β-unsaturated/α-hetero) is 1. The van der Waals surface area contributed by atoms with Gasteiger partial charge in [0.1, 0.15) is 0 Å². The second kappa shape index (κ2) is 6.01. The maximum absolute atomic E-state index is 12.0. The standard InChI is InChI=1S/C15H22N2O/c1-12-4-3-8-17(11-12)9-7-15(18)13-5-2-6-14(16)10-13/h2,5-6,10,12H,3-4,7-9,11,16H2,1H3. The van der Waals surface area contributed by atoms with Gasteiger partial charge in [0.05, 0.1) is 0 Å². The van der Waals surface area contributed by atoms with E-state index in [2.05, 4.69) is 11.8 Å². The number of nitrogens with two attached hydrogens (primary N) is 1. The van der Waals surface area contributed by atoms with Gasteiger partial charge in [0.2, 0.25) is 0 Å². The van der Waals surface area contributed by atoms with E-state index in [1.54, 1.807) is 6.07 Å². The Morgan fingerprint density at radius 1 is 1.50 bits per heavy atom. The fraction of sp³-hybridized carbons (Fsp3) is 0.533. The number of benzene rings is 1. The number of piperidine rings is 1. The van der Waals surface area contributed by atoms with Crippen LogP contribution in [0, 0.1) is 5.92 Å². The van der Waals surface area contributed by atoms with Crippen LogP contribution in [0.2, 0.25) is 0 Å². The third-order valence-electron chi connectivity index (χ3n) is 3.60. The number of ketones is 1. The molecule has 0 aromatic heterocycles. The largest absolute Gasteiger partial charge is 0.399 e. The van der Waals surface area contributed by atoms with Gasteiger partial charge in [-0.2, -0.15) is 0 Å². The lowest BCUT2D eigenvalue weighted by molar-refractivity contribution is 0.0949. The van der Waals surface area contributed by atoms with Crippen LogP contribution in [0.4, 0.5) is 5.69 Å². The predicted octanol–water partition coefficient (Wildman–Crippen LogP) is 2.57. The Morgan fingerprint density at radius 3 is 3.06 bits per heavy atom. The lowest BCUT2D eigenvalue weighted by Gasteiger charge is -2.30. The SMILES string of the molecule is CC1CCCN(CCC(=O)c2cccc(N)c2)C1. The first-order valence-corrected chi connectivity index (χ1v) is 6.76. The number of hydrogen-bond acceptors (Lipinski definition) is 3. The van der Waals surface area contributed by atoms with E-state index in [0.717, 1.165) is 31.1 Å². The molecule has 0 aliphatic carbocycles. The van der Waals surface area contributed by atoms with Gasteiger partial charge >= 0.3 is 0 Å². The first-order chi connectivity index (χ1) is 8.65. The van der Waals surface area contributed by atoms with Gasteiger partial charge in [-0.15, -0.1) is 0 Å². The van der Waals surface area contributed by atoms with E-state index < -0.39 is 0 Å². The van der Waals surface area contributed by atoms with Gasteiger partial charge in [0.15, 0.2) is 5.78 Å². The molecule has 2 rings (SSSR count). The fourth-order valence-corrected chi connectivity index (χ4v) is 2.61. The van der Waals surface area contributed by atoms with Crippen molar-refractivity contribution in [1.82, 2.24) is 4.90 Å². The summed E-state index contributed by atoms with van der Waals surface area (Å²) in [5.74, 6) is 0.960. The monoisotopic (exact) mass is 246 g/mol. The number of anilines is 1. The molecule has 1 fully saturated rings. The molecule has 0 saturated carbocycles.